The molecule has 0 radical (unpaired) electrons. The van der Waals surface area contributed by atoms with Gasteiger partial charge in [-0.25, -0.2) is 0 Å². The van der Waals surface area contributed by atoms with Crippen LogP contribution in [0.15, 0.2) is 30.3 Å². The van der Waals surface area contributed by atoms with Crippen LogP contribution in [0.1, 0.15) is 25.3 Å². The molecule has 10 heteroatoms. The molecule has 1 aromatic carbocycles. The fraction of sp³-hybridized carbons (Fsp3) is 0.333. The van der Waals surface area contributed by atoms with Gasteiger partial charge in [-0.1, -0.05) is 44.2 Å². The van der Waals surface area contributed by atoms with Crippen LogP contribution in [0.3, 0.4) is 0 Å². The molecular weight excluding hydrogens is 307 g/mol. The Balaban J connectivity index is -0.000000233. The van der Waals surface area contributed by atoms with E-state index in [4.69, 9.17) is 19.6 Å². The Morgan fingerprint density at radius 3 is 1.58 bits per heavy atom. The minimum absolute atomic E-state index is 0. The van der Waals surface area contributed by atoms with Gasteiger partial charge in [0.15, 0.2) is 0 Å². The van der Waals surface area contributed by atoms with Gasteiger partial charge in [-0.3, -0.25) is 9.11 Å². The fourth-order valence-electron chi connectivity index (χ4n) is 0.888. The molecule has 0 spiro atoms. The molecule has 0 unspecified atom stereocenters. The van der Waals surface area contributed by atoms with Crippen molar-refractivity contribution < 1.29 is 61.2 Å². The van der Waals surface area contributed by atoms with Gasteiger partial charge in [-0.05, 0) is 11.5 Å². The van der Waals surface area contributed by atoms with E-state index in [0.717, 1.165) is 0 Å². The Kier molecular flexibility index (Phi) is 21.0. The topological polar surface area (TPSA) is 127 Å². The summed E-state index contributed by atoms with van der Waals surface area (Å²) < 4.78 is 37.2. The van der Waals surface area contributed by atoms with Crippen molar-refractivity contribution in [3.05, 3.63) is 35.9 Å². The molecule has 7 nitrogen and oxygen atoms in total. The molecule has 0 saturated heterocycles. The van der Waals surface area contributed by atoms with Crippen molar-refractivity contribution >= 4 is 22.7 Å². The first-order chi connectivity index (χ1) is 8.43. The van der Waals surface area contributed by atoms with E-state index in [0.29, 0.717) is 5.92 Å². The summed E-state index contributed by atoms with van der Waals surface area (Å²) in [6.07, 6.45) is 0. The number of hydrogen-bond donors (Lipinski definition) is 3. The van der Waals surface area contributed by atoms with Crippen LogP contribution < -0.4 is 34.8 Å². The molecule has 0 bridgehead atoms. The summed E-state index contributed by atoms with van der Waals surface area (Å²) in [5.41, 5.74) is 1.41. The molecule has 0 aliphatic carbocycles. The van der Waals surface area contributed by atoms with Crippen molar-refractivity contribution in [1.82, 2.24) is 0 Å². The van der Waals surface area contributed by atoms with Crippen LogP contribution >= 0.6 is 0 Å². The summed E-state index contributed by atoms with van der Waals surface area (Å²) >= 11 is -5.29. The predicted molar refractivity (Wildman–Crippen MR) is 65.8 cm³/mol. The van der Waals surface area contributed by atoms with Gasteiger partial charge in [0.25, 0.3) is 0 Å². The molecule has 0 aliphatic rings. The summed E-state index contributed by atoms with van der Waals surface area (Å²) in [5, 5.41) is 13.0. The SMILES string of the molecule is CC(C)c1ccccc1.O=S(O)OS(=O)O.[Na+].[O-]O. The molecule has 0 saturated carbocycles. The van der Waals surface area contributed by atoms with Crippen molar-refractivity contribution in [2.75, 3.05) is 0 Å². The maximum absolute atomic E-state index is 9.35. The normalized spacial score (nSPS) is 11.9. The zero-order valence-corrected chi connectivity index (χ0v) is 14.4. The van der Waals surface area contributed by atoms with E-state index >= 15 is 0 Å². The Morgan fingerprint density at radius 2 is 1.42 bits per heavy atom. The third-order valence-corrected chi connectivity index (χ3v) is 2.51. The third kappa shape index (κ3) is 18.3. The monoisotopic (exact) mass is 322 g/mol. The fourth-order valence-corrected chi connectivity index (χ4v) is 1.29. The first kappa shape index (κ1) is 24.3. The maximum atomic E-state index is 9.35. The molecule has 0 heterocycles. The average molecular weight is 322 g/mol. The number of rotatable bonds is 3. The van der Waals surface area contributed by atoms with E-state index in [1.807, 2.05) is 6.07 Å². The van der Waals surface area contributed by atoms with Crippen LogP contribution in [0.5, 0.6) is 0 Å². The second-order valence-electron chi connectivity index (χ2n) is 3.07. The maximum Gasteiger partial charge on any atom is 1.00 e. The molecule has 0 aliphatic heterocycles. The quantitative estimate of drug-likeness (QED) is 0.252. The Hall–Kier alpha value is 0.320. The molecule has 106 valence electrons. The van der Waals surface area contributed by atoms with E-state index in [-0.39, 0.29) is 29.6 Å². The van der Waals surface area contributed by atoms with Crippen molar-refractivity contribution in [2.45, 2.75) is 19.8 Å². The van der Waals surface area contributed by atoms with E-state index in [1.54, 1.807) is 0 Å². The van der Waals surface area contributed by atoms with Gasteiger partial charge in [0.2, 0.25) is 0 Å². The Bertz CT molecular complexity index is 336. The second-order valence-corrected chi connectivity index (χ2v) is 4.48. The number of hydrogen-bond acceptors (Lipinski definition) is 5. The van der Waals surface area contributed by atoms with Crippen molar-refractivity contribution in [2.24, 2.45) is 0 Å². The smallest absolute Gasteiger partial charge is 0.727 e. The van der Waals surface area contributed by atoms with Crippen LogP contribution in [-0.2, 0) is 26.4 Å². The Labute approximate surface area is 139 Å². The minimum atomic E-state index is -2.65. The summed E-state index contributed by atoms with van der Waals surface area (Å²) in [6, 6.07) is 10.5. The second kappa shape index (κ2) is 16.4. The van der Waals surface area contributed by atoms with Crippen LogP contribution in [-0.4, -0.2) is 22.8 Å². The van der Waals surface area contributed by atoms with Gasteiger partial charge < -0.3 is 10.5 Å². The van der Waals surface area contributed by atoms with E-state index < -0.39 is 22.7 Å². The van der Waals surface area contributed by atoms with Crippen LogP contribution in [0, 0.1) is 0 Å². The Morgan fingerprint density at radius 1 is 1.05 bits per heavy atom. The average Bonchev–Trinajstić information content (AvgIpc) is 2.32. The van der Waals surface area contributed by atoms with Crippen molar-refractivity contribution in [1.29, 1.82) is 0 Å². The molecule has 1 aromatic rings. The predicted octanol–water partition coefficient (Wildman–Crippen LogP) is -2.09. The van der Waals surface area contributed by atoms with E-state index in [2.05, 4.69) is 41.7 Å². The molecule has 0 atom stereocenters. The molecule has 1 rings (SSSR count). The molecular formula is C9H15NaO7S2. The van der Waals surface area contributed by atoms with Gasteiger partial charge in [-0.15, -0.1) is 3.63 Å². The van der Waals surface area contributed by atoms with Gasteiger partial charge in [0.1, 0.15) is 0 Å². The van der Waals surface area contributed by atoms with Crippen LogP contribution in [0.2, 0.25) is 0 Å². The molecule has 0 amide bonds. The van der Waals surface area contributed by atoms with E-state index in [9.17, 15) is 8.42 Å². The number of benzene rings is 1. The first-order valence-corrected chi connectivity index (χ1v) is 6.63. The zero-order chi connectivity index (χ0) is 14.6. The summed E-state index contributed by atoms with van der Waals surface area (Å²) in [6.45, 7) is 4.41. The van der Waals surface area contributed by atoms with Crippen molar-refractivity contribution in [3.8, 4) is 0 Å². The first-order valence-electron chi connectivity index (χ1n) is 4.57. The largest absolute Gasteiger partial charge is 1.00 e. The third-order valence-electron chi connectivity index (χ3n) is 1.58. The minimum Gasteiger partial charge on any atom is -0.727 e. The van der Waals surface area contributed by atoms with Crippen LogP contribution in [0.25, 0.3) is 0 Å². The molecule has 0 aromatic heterocycles. The molecule has 0 fully saturated rings. The molecule has 19 heavy (non-hydrogen) atoms. The van der Waals surface area contributed by atoms with Gasteiger partial charge in [-0.2, -0.15) is 8.42 Å². The standard InChI is InChI=1S/C9H12.Na.H2O5S2.H2O2/c1-8(2)9-6-4-3-5-7-9;;1-6(2)5-7(3)4;1-2/h3-8H,1-2H3;;(H,1,2)(H,3,4);1-2H/q;+1;;/p-1. The van der Waals surface area contributed by atoms with E-state index in [1.165, 1.54) is 5.56 Å². The molecule has 3 N–H and O–H groups in total. The summed E-state index contributed by atoms with van der Waals surface area (Å²) in [7, 11) is 0. The summed E-state index contributed by atoms with van der Waals surface area (Å²) in [4.78, 5) is 0. The van der Waals surface area contributed by atoms with Crippen molar-refractivity contribution in [3.63, 3.8) is 0 Å². The van der Waals surface area contributed by atoms with Crippen LogP contribution in [0.4, 0.5) is 0 Å². The summed E-state index contributed by atoms with van der Waals surface area (Å²) in [5.74, 6) is 0.659. The van der Waals surface area contributed by atoms with Gasteiger partial charge in [0.05, 0.1) is 0 Å². The van der Waals surface area contributed by atoms with Gasteiger partial charge >= 0.3 is 52.3 Å². The zero-order valence-electron chi connectivity index (χ0n) is 10.8. The van der Waals surface area contributed by atoms with Gasteiger partial charge in [0, 0.05) is 0 Å².